The van der Waals surface area contributed by atoms with Crippen LogP contribution in [0.25, 0.3) is 0 Å². The molecule has 2 aromatic carbocycles. The van der Waals surface area contributed by atoms with Gasteiger partial charge >= 0.3 is 0 Å². The number of hydrogen-bond acceptors (Lipinski definition) is 3. The fraction of sp³-hybridized carbons (Fsp3) is 0.176. The summed E-state index contributed by atoms with van der Waals surface area (Å²) in [6, 6.07) is 14.2. The third-order valence-corrected chi connectivity index (χ3v) is 3.11. The van der Waals surface area contributed by atoms with Gasteiger partial charge in [0, 0.05) is 24.7 Å². The van der Waals surface area contributed by atoms with Crippen LogP contribution in [-0.2, 0) is 11.3 Å². The number of hydrogen-bond donors (Lipinski definition) is 2. The molecule has 2 N–H and O–H groups in total. The molecule has 5 nitrogen and oxygen atoms in total. The molecule has 0 atom stereocenters. The van der Waals surface area contributed by atoms with Gasteiger partial charge in [0.25, 0.3) is 5.91 Å². The van der Waals surface area contributed by atoms with E-state index in [2.05, 4.69) is 10.6 Å². The van der Waals surface area contributed by atoms with Crippen LogP contribution in [0.3, 0.4) is 0 Å². The predicted molar refractivity (Wildman–Crippen MR) is 84.9 cm³/mol. The number of ether oxygens (including phenoxy) is 1. The van der Waals surface area contributed by atoms with E-state index in [-0.39, 0.29) is 11.8 Å². The quantitative estimate of drug-likeness (QED) is 0.891. The molecule has 2 rings (SSSR count). The summed E-state index contributed by atoms with van der Waals surface area (Å²) in [7, 11) is 1.59. The molecule has 0 heterocycles. The summed E-state index contributed by atoms with van der Waals surface area (Å²) >= 11 is 0. The molecule has 22 heavy (non-hydrogen) atoms. The van der Waals surface area contributed by atoms with Crippen LogP contribution in [0.2, 0.25) is 0 Å². The summed E-state index contributed by atoms with van der Waals surface area (Å²) < 4.78 is 5.07. The van der Waals surface area contributed by atoms with Crippen LogP contribution in [0.1, 0.15) is 22.8 Å². The molecule has 0 aromatic heterocycles. The highest BCUT2D eigenvalue weighted by molar-refractivity contribution is 6.04. The van der Waals surface area contributed by atoms with Gasteiger partial charge in [-0.3, -0.25) is 9.59 Å². The maximum Gasteiger partial charge on any atom is 0.255 e. The normalized spacial score (nSPS) is 9.91. The van der Waals surface area contributed by atoms with Gasteiger partial charge in [-0.05, 0) is 42.0 Å². The van der Waals surface area contributed by atoms with E-state index >= 15 is 0 Å². The van der Waals surface area contributed by atoms with Crippen LogP contribution in [0.15, 0.2) is 48.5 Å². The van der Waals surface area contributed by atoms with E-state index in [4.69, 9.17) is 4.74 Å². The highest BCUT2D eigenvalue weighted by Crippen LogP contribution is 2.16. The van der Waals surface area contributed by atoms with Crippen molar-refractivity contribution in [2.24, 2.45) is 0 Å². The highest BCUT2D eigenvalue weighted by Gasteiger charge is 2.06. The van der Waals surface area contributed by atoms with E-state index in [0.717, 1.165) is 11.3 Å². The van der Waals surface area contributed by atoms with E-state index < -0.39 is 0 Å². The van der Waals surface area contributed by atoms with E-state index in [0.29, 0.717) is 17.8 Å². The lowest BCUT2D eigenvalue weighted by Crippen LogP contribution is -2.19. The molecule has 2 aromatic rings. The van der Waals surface area contributed by atoms with E-state index in [1.54, 1.807) is 43.5 Å². The number of rotatable bonds is 5. The molecule has 0 radical (unpaired) electrons. The number of nitrogens with one attached hydrogen (secondary N) is 2. The molecule has 5 heteroatoms. The Kier molecular flexibility index (Phi) is 5.14. The molecule has 0 aliphatic heterocycles. The second kappa shape index (κ2) is 7.26. The molecule has 114 valence electrons. The second-order valence-corrected chi connectivity index (χ2v) is 4.79. The molecule has 0 unspecified atom stereocenters. The Balaban J connectivity index is 1.98. The third-order valence-electron chi connectivity index (χ3n) is 3.11. The molecule has 0 bridgehead atoms. The zero-order chi connectivity index (χ0) is 15.9. The Morgan fingerprint density at radius 3 is 2.18 bits per heavy atom. The molecule has 0 aliphatic carbocycles. The van der Waals surface area contributed by atoms with Crippen molar-refractivity contribution in [1.82, 2.24) is 5.32 Å². The van der Waals surface area contributed by atoms with Crippen LogP contribution < -0.4 is 15.4 Å². The topological polar surface area (TPSA) is 67.4 Å². The van der Waals surface area contributed by atoms with Gasteiger partial charge in [-0.2, -0.15) is 0 Å². The number of methoxy groups -OCH3 is 1. The van der Waals surface area contributed by atoms with Gasteiger partial charge in [0.15, 0.2) is 0 Å². The average molecular weight is 298 g/mol. The zero-order valence-electron chi connectivity index (χ0n) is 12.6. The molecule has 0 spiro atoms. The van der Waals surface area contributed by atoms with Crippen molar-refractivity contribution in [2.45, 2.75) is 13.5 Å². The summed E-state index contributed by atoms with van der Waals surface area (Å²) in [6.07, 6.45) is 0. The molecule has 0 saturated heterocycles. The molecule has 0 aliphatic rings. The minimum atomic E-state index is -0.184. The van der Waals surface area contributed by atoms with Crippen molar-refractivity contribution in [3.05, 3.63) is 59.7 Å². The first kappa shape index (κ1) is 15.6. The summed E-state index contributed by atoms with van der Waals surface area (Å²) in [4.78, 5) is 23.0. The van der Waals surface area contributed by atoms with Gasteiger partial charge in [-0.1, -0.05) is 12.1 Å². The van der Waals surface area contributed by atoms with E-state index in [1.807, 2.05) is 12.1 Å². The number of carbonyl (C=O) groups excluding carboxylic acids is 2. The van der Waals surface area contributed by atoms with Gasteiger partial charge in [0.2, 0.25) is 5.91 Å². The summed E-state index contributed by atoms with van der Waals surface area (Å²) in [6.45, 7) is 1.92. The summed E-state index contributed by atoms with van der Waals surface area (Å²) in [5.41, 5.74) is 2.20. The fourth-order valence-electron chi connectivity index (χ4n) is 1.88. The number of anilines is 1. The average Bonchev–Trinajstić information content (AvgIpc) is 2.54. The van der Waals surface area contributed by atoms with Crippen LogP contribution in [-0.4, -0.2) is 18.9 Å². The minimum absolute atomic E-state index is 0.0821. The molecule has 0 saturated carbocycles. The van der Waals surface area contributed by atoms with Crippen molar-refractivity contribution in [3.8, 4) is 5.75 Å². The van der Waals surface area contributed by atoms with Crippen LogP contribution in [0.5, 0.6) is 5.75 Å². The lowest BCUT2D eigenvalue weighted by atomic mass is 10.1. The number of carbonyl (C=O) groups is 2. The first-order valence-electron chi connectivity index (χ1n) is 6.87. The monoisotopic (exact) mass is 298 g/mol. The lowest BCUT2D eigenvalue weighted by Gasteiger charge is -2.07. The van der Waals surface area contributed by atoms with E-state index in [9.17, 15) is 9.59 Å². The third kappa shape index (κ3) is 4.34. The molecule has 2 amide bonds. The van der Waals surface area contributed by atoms with Gasteiger partial charge in [0.1, 0.15) is 5.75 Å². The smallest absolute Gasteiger partial charge is 0.255 e. The van der Waals surface area contributed by atoms with Crippen LogP contribution in [0, 0.1) is 0 Å². The Morgan fingerprint density at radius 2 is 1.64 bits per heavy atom. The van der Waals surface area contributed by atoms with E-state index in [1.165, 1.54) is 6.92 Å². The molecular weight excluding hydrogens is 280 g/mol. The van der Waals surface area contributed by atoms with Crippen molar-refractivity contribution in [3.63, 3.8) is 0 Å². The predicted octanol–water partition coefficient (Wildman–Crippen LogP) is 2.58. The standard InChI is InChI=1S/C17H18N2O3/c1-12(20)18-11-13-3-5-14(6-4-13)17(21)19-15-7-9-16(22-2)10-8-15/h3-10H,11H2,1-2H3,(H,18,20)(H,19,21). The summed E-state index contributed by atoms with van der Waals surface area (Å²) in [5.74, 6) is 0.470. The van der Waals surface area contributed by atoms with Crippen molar-refractivity contribution in [1.29, 1.82) is 0 Å². The Morgan fingerprint density at radius 1 is 1.00 bits per heavy atom. The second-order valence-electron chi connectivity index (χ2n) is 4.79. The first-order chi connectivity index (χ1) is 10.6. The lowest BCUT2D eigenvalue weighted by molar-refractivity contribution is -0.119. The molecular formula is C17H18N2O3. The van der Waals surface area contributed by atoms with Crippen molar-refractivity contribution >= 4 is 17.5 Å². The number of benzene rings is 2. The Hall–Kier alpha value is -2.82. The van der Waals surface area contributed by atoms with Crippen LogP contribution in [0.4, 0.5) is 5.69 Å². The van der Waals surface area contributed by atoms with Gasteiger partial charge in [-0.25, -0.2) is 0 Å². The zero-order valence-corrected chi connectivity index (χ0v) is 12.6. The van der Waals surface area contributed by atoms with Gasteiger partial charge in [0.05, 0.1) is 7.11 Å². The number of amides is 2. The first-order valence-corrected chi connectivity index (χ1v) is 6.87. The molecule has 0 fully saturated rings. The Labute approximate surface area is 129 Å². The highest BCUT2D eigenvalue weighted by atomic mass is 16.5. The maximum atomic E-state index is 12.1. The van der Waals surface area contributed by atoms with Crippen LogP contribution >= 0.6 is 0 Å². The van der Waals surface area contributed by atoms with Crippen molar-refractivity contribution in [2.75, 3.05) is 12.4 Å². The minimum Gasteiger partial charge on any atom is -0.497 e. The fourth-order valence-corrected chi connectivity index (χ4v) is 1.88. The summed E-state index contributed by atoms with van der Waals surface area (Å²) in [5, 5.41) is 5.52. The van der Waals surface area contributed by atoms with Crippen molar-refractivity contribution < 1.29 is 14.3 Å². The largest absolute Gasteiger partial charge is 0.497 e. The SMILES string of the molecule is COc1ccc(NC(=O)c2ccc(CNC(C)=O)cc2)cc1. The van der Waals surface area contributed by atoms with Gasteiger partial charge in [-0.15, -0.1) is 0 Å². The Bertz CT molecular complexity index is 649. The maximum absolute atomic E-state index is 12.1. The van der Waals surface area contributed by atoms with Gasteiger partial charge < -0.3 is 15.4 Å².